The van der Waals surface area contributed by atoms with Crippen LogP contribution in [0.5, 0.6) is 5.75 Å². The van der Waals surface area contributed by atoms with E-state index in [2.05, 4.69) is 13.8 Å². The van der Waals surface area contributed by atoms with Crippen molar-refractivity contribution in [1.29, 1.82) is 0 Å². The van der Waals surface area contributed by atoms with Gasteiger partial charge in [-0.1, -0.05) is 26.0 Å². The first-order valence-electron chi connectivity index (χ1n) is 11.8. The summed E-state index contributed by atoms with van der Waals surface area (Å²) in [6.07, 6.45) is 2.45. The molecule has 0 bridgehead atoms. The van der Waals surface area contributed by atoms with Crippen molar-refractivity contribution < 1.29 is 23.8 Å². The smallest absolute Gasteiger partial charge is 0.290 e. The van der Waals surface area contributed by atoms with E-state index in [0.717, 1.165) is 18.4 Å². The minimum atomic E-state index is -0.452. The van der Waals surface area contributed by atoms with Crippen LogP contribution in [0.25, 0.3) is 0 Å². The molecule has 1 aliphatic carbocycles. The third-order valence-corrected chi connectivity index (χ3v) is 6.95. The van der Waals surface area contributed by atoms with Crippen molar-refractivity contribution in [3.8, 4) is 5.75 Å². The van der Waals surface area contributed by atoms with Gasteiger partial charge in [-0.25, -0.2) is 0 Å². The molecule has 0 spiro atoms. The third kappa shape index (κ3) is 4.17. The fraction of sp³-hybridized carbons (Fsp3) is 0.615. The normalized spacial score (nSPS) is 29.8. The molecule has 6 heteroatoms. The molecular weight excluding hydrogens is 406 g/mol. The SMILES string of the molecule is COc1cccc(C2C3=C(OC4CC(C)CC(C)C4C3=O)C(=O)N2CCCOC(C)C)c1. The van der Waals surface area contributed by atoms with Gasteiger partial charge in [0.05, 0.1) is 30.7 Å². The first-order valence-corrected chi connectivity index (χ1v) is 11.8. The van der Waals surface area contributed by atoms with Gasteiger partial charge >= 0.3 is 0 Å². The molecule has 0 radical (unpaired) electrons. The Kier molecular flexibility index (Phi) is 6.61. The lowest BCUT2D eigenvalue weighted by Gasteiger charge is -2.41. The molecule has 1 saturated carbocycles. The van der Waals surface area contributed by atoms with Crippen molar-refractivity contribution in [2.45, 2.75) is 65.2 Å². The van der Waals surface area contributed by atoms with E-state index in [-0.39, 0.29) is 41.5 Å². The topological polar surface area (TPSA) is 65.1 Å². The Morgan fingerprint density at radius 3 is 2.69 bits per heavy atom. The quantitative estimate of drug-likeness (QED) is 0.591. The molecule has 6 nitrogen and oxygen atoms in total. The van der Waals surface area contributed by atoms with E-state index in [1.165, 1.54) is 0 Å². The second kappa shape index (κ2) is 9.26. The van der Waals surface area contributed by atoms with Crippen LogP contribution in [0.2, 0.25) is 0 Å². The summed E-state index contributed by atoms with van der Waals surface area (Å²) in [6.45, 7) is 9.39. The lowest BCUT2D eigenvalue weighted by molar-refractivity contribution is -0.138. The molecule has 0 saturated heterocycles. The molecular formula is C26H35NO5. The molecule has 174 valence electrons. The van der Waals surface area contributed by atoms with Crippen LogP contribution >= 0.6 is 0 Å². The summed E-state index contributed by atoms with van der Waals surface area (Å²) in [5, 5.41) is 0. The number of amides is 1. The zero-order valence-corrected chi connectivity index (χ0v) is 19.8. The van der Waals surface area contributed by atoms with Crippen LogP contribution in [-0.2, 0) is 19.1 Å². The molecule has 5 atom stereocenters. The Balaban J connectivity index is 1.69. The Morgan fingerprint density at radius 1 is 1.19 bits per heavy atom. The maximum Gasteiger partial charge on any atom is 0.290 e. The van der Waals surface area contributed by atoms with Gasteiger partial charge in [0.15, 0.2) is 11.5 Å². The van der Waals surface area contributed by atoms with Crippen LogP contribution < -0.4 is 4.74 Å². The van der Waals surface area contributed by atoms with Gasteiger partial charge in [0.1, 0.15) is 11.9 Å². The zero-order valence-electron chi connectivity index (χ0n) is 19.8. The molecule has 32 heavy (non-hydrogen) atoms. The van der Waals surface area contributed by atoms with E-state index in [1.807, 2.05) is 38.1 Å². The number of fused-ring (bicyclic) bond motifs is 1. The van der Waals surface area contributed by atoms with Crippen LogP contribution in [0.4, 0.5) is 0 Å². The molecule has 0 aromatic heterocycles. The number of hydrogen-bond acceptors (Lipinski definition) is 5. The number of rotatable bonds is 7. The first kappa shape index (κ1) is 22.8. The molecule has 4 rings (SSSR count). The third-order valence-electron chi connectivity index (χ3n) is 6.95. The molecule has 2 heterocycles. The van der Waals surface area contributed by atoms with E-state index < -0.39 is 6.04 Å². The van der Waals surface area contributed by atoms with Gasteiger partial charge in [-0.2, -0.15) is 0 Å². The summed E-state index contributed by atoms with van der Waals surface area (Å²) in [7, 11) is 1.62. The van der Waals surface area contributed by atoms with E-state index in [1.54, 1.807) is 12.0 Å². The number of ether oxygens (including phenoxy) is 3. The Morgan fingerprint density at radius 2 is 1.97 bits per heavy atom. The summed E-state index contributed by atoms with van der Waals surface area (Å²) in [5.74, 6) is 1.39. The fourth-order valence-electron chi connectivity index (χ4n) is 5.61. The second-order valence-corrected chi connectivity index (χ2v) is 9.79. The Bertz CT molecular complexity index is 907. The average Bonchev–Trinajstić information content (AvgIpc) is 3.02. The fourth-order valence-corrected chi connectivity index (χ4v) is 5.61. The minimum absolute atomic E-state index is 0.0813. The largest absolute Gasteiger partial charge is 0.497 e. The molecule has 1 fully saturated rings. The van der Waals surface area contributed by atoms with Crippen molar-refractivity contribution in [2.75, 3.05) is 20.3 Å². The lowest BCUT2D eigenvalue weighted by Crippen LogP contribution is -2.45. The molecule has 1 aromatic carbocycles. The van der Waals surface area contributed by atoms with Crippen molar-refractivity contribution in [2.24, 2.45) is 17.8 Å². The highest BCUT2D eigenvalue weighted by Gasteiger charge is 2.53. The van der Waals surface area contributed by atoms with E-state index in [0.29, 0.717) is 36.8 Å². The number of Topliss-reactive ketones (excluding diaryl/α,β-unsaturated/α-hetero) is 1. The highest BCUT2D eigenvalue weighted by atomic mass is 16.5. The maximum absolute atomic E-state index is 13.8. The van der Waals surface area contributed by atoms with Crippen molar-refractivity contribution in [3.05, 3.63) is 41.2 Å². The number of hydrogen-bond donors (Lipinski definition) is 0. The summed E-state index contributed by atoms with van der Waals surface area (Å²) < 4.78 is 17.4. The number of carbonyl (C=O) groups is 2. The van der Waals surface area contributed by atoms with Gasteiger partial charge in [-0.05, 0) is 62.6 Å². The Hall–Kier alpha value is -2.34. The van der Waals surface area contributed by atoms with Crippen molar-refractivity contribution in [1.82, 2.24) is 4.90 Å². The Labute approximate surface area is 190 Å². The van der Waals surface area contributed by atoms with Crippen molar-refractivity contribution >= 4 is 11.7 Å². The van der Waals surface area contributed by atoms with Gasteiger partial charge in [0, 0.05) is 13.2 Å². The predicted octanol–water partition coefficient (Wildman–Crippen LogP) is 4.30. The highest BCUT2D eigenvalue weighted by molar-refractivity contribution is 6.11. The van der Waals surface area contributed by atoms with Crippen molar-refractivity contribution in [3.63, 3.8) is 0 Å². The highest BCUT2D eigenvalue weighted by Crippen LogP contribution is 2.49. The average molecular weight is 442 g/mol. The van der Waals surface area contributed by atoms with Crippen LogP contribution in [0.1, 0.15) is 58.6 Å². The van der Waals surface area contributed by atoms with E-state index in [9.17, 15) is 9.59 Å². The van der Waals surface area contributed by atoms with Gasteiger partial charge in [0.25, 0.3) is 5.91 Å². The summed E-state index contributed by atoms with van der Waals surface area (Å²) in [6, 6.07) is 7.19. The van der Waals surface area contributed by atoms with Crippen LogP contribution in [0.15, 0.2) is 35.6 Å². The zero-order chi connectivity index (χ0) is 23.0. The molecule has 2 aliphatic heterocycles. The molecule has 0 N–H and O–H groups in total. The monoisotopic (exact) mass is 441 g/mol. The standard InChI is InChI=1S/C26H35NO5/c1-15(2)31-11-7-10-27-23(18-8-6-9-19(14-18)30-5)22-24(28)21-17(4)12-16(3)13-20(21)32-25(22)26(27)29/h6,8-9,14-17,20-21,23H,7,10-13H2,1-5H3. The predicted molar refractivity (Wildman–Crippen MR) is 121 cm³/mol. The van der Waals surface area contributed by atoms with E-state index >= 15 is 0 Å². The molecule has 1 aromatic rings. The van der Waals surface area contributed by atoms with Crippen LogP contribution in [0.3, 0.4) is 0 Å². The molecule has 1 amide bonds. The van der Waals surface area contributed by atoms with Gasteiger partial charge in [-0.15, -0.1) is 0 Å². The summed E-state index contributed by atoms with van der Waals surface area (Å²) in [5.41, 5.74) is 1.40. The van der Waals surface area contributed by atoms with E-state index in [4.69, 9.17) is 14.2 Å². The summed E-state index contributed by atoms with van der Waals surface area (Å²) >= 11 is 0. The molecule has 3 aliphatic rings. The van der Waals surface area contributed by atoms with Gasteiger partial charge < -0.3 is 19.1 Å². The summed E-state index contributed by atoms with van der Waals surface area (Å²) in [4.78, 5) is 29.1. The number of ketones is 1. The number of carbonyl (C=O) groups excluding carboxylic acids is 2. The first-order chi connectivity index (χ1) is 15.3. The number of nitrogens with zero attached hydrogens (tertiary/aromatic N) is 1. The maximum atomic E-state index is 13.8. The van der Waals surface area contributed by atoms with Gasteiger partial charge in [-0.3, -0.25) is 9.59 Å². The minimum Gasteiger partial charge on any atom is -0.497 e. The van der Waals surface area contributed by atoms with Crippen LogP contribution in [-0.4, -0.2) is 49.1 Å². The lowest BCUT2D eigenvalue weighted by atomic mass is 9.69. The van der Waals surface area contributed by atoms with Crippen LogP contribution in [0, 0.1) is 17.8 Å². The second-order valence-electron chi connectivity index (χ2n) is 9.79. The number of benzene rings is 1. The molecule has 5 unspecified atom stereocenters. The van der Waals surface area contributed by atoms with Gasteiger partial charge in [0.2, 0.25) is 0 Å². The number of methoxy groups -OCH3 is 1.